The maximum absolute atomic E-state index is 13.3. The Bertz CT molecular complexity index is 1170. The number of sulfonamides is 1. The maximum atomic E-state index is 13.3. The summed E-state index contributed by atoms with van der Waals surface area (Å²) in [6.45, 7) is 0.736. The van der Waals surface area contributed by atoms with E-state index in [1.54, 1.807) is 12.1 Å². The minimum atomic E-state index is -3.83. The number of hydrogen-bond acceptors (Lipinski definition) is 4. The van der Waals surface area contributed by atoms with Crippen molar-refractivity contribution in [3.8, 4) is 5.75 Å². The first-order valence-electron chi connectivity index (χ1n) is 8.87. The van der Waals surface area contributed by atoms with Crippen molar-refractivity contribution in [3.63, 3.8) is 0 Å². The Kier molecular flexibility index (Phi) is 5.00. The predicted octanol–water partition coefficient (Wildman–Crippen LogP) is 4.15. The van der Waals surface area contributed by atoms with Gasteiger partial charge in [-0.25, -0.2) is 8.42 Å². The minimum absolute atomic E-state index is 0.0509. The monoisotopic (exact) mass is 414 g/mol. The molecule has 0 fully saturated rings. The van der Waals surface area contributed by atoms with Crippen LogP contribution >= 0.6 is 11.6 Å². The quantitative estimate of drug-likeness (QED) is 0.630. The molecule has 1 heterocycles. The van der Waals surface area contributed by atoms with Crippen molar-refractivity contribution < 1.29 is 13.2 Å². The molecule has 0 unspecified atom stereocenters. The fourth-order valence-electron chi connectivity index (χ4n) is 3.47. The second-order valence-electron chi connectivity index (χ2n) is 6.49. The molecular weight excluding hydrogens is 396 g/mol. The van der Waals surface area contributed by atoms with E-state index in [1.165, 1.54) is 17.5 Å². The van der Waals surface area contributed by atoms with Gasteiger partial charge < -0.3 is 4.74 Å². The smallest absolute Gasteiger partial charge is 0.269 e. The van der Waals surface area contributed by atoms with Gasteiger partial charge in [-0.05, 0) is 34.5 Å². The predicted molar refractivity (Wildman–Crippen MR) is 112 cm³/mol. The summed E-state index contributed by atoms with van der Waals surface area (Å²) >= 11 is 6.05. The average Bonchev–Trinajstić information content (AvgIpc) is 3.17. The molecule has 4 rings (SSSR count). The lowest BCUT2D eigenvalue weighted by molar-refractivity contribution is 0.401. The summed E-state index contributed by atoms with van der Waals surface area (Å²) in [5, 5.41) is 2.55. The summed E-state index contributed by atoms with van der Waals surface area (Å²) in [6, 6.07) is 18.7. The zero-order valence-electron chi connectivity index (χ0n) is 15.3. The average molecular weight is 415 g/mol. The van der Waals surface area contributed by atoms with Crippen LogP contribution in [0.25, 0.3) is 10.8 Å². The molecule has 7 heteroatoms. The molecule has 28 heavy (non-hydrogen) atoms. The first-order chi connectivity index (χ1) is 13.5. The number of nitrogens with zero attached hydrogens (tertiary/aromatic N) is 2. The second kappa shape index (κ2) is 7.45. The third-order valence-electron chi connectivity index (χ3n) is 4.81. The molecule has 0 N–H and O–H groups in total. The Morgan fingerprint density at radius 2 is 1.89 bits per heavy atom. The van der Waals surface area contributed by atoms with Gasteiger partial charge in [-0.1, -0.05) is 54.1 Å². The van der Waals surface area contributed by atoms with Crippen LogP contribution in [0.3, 0.4) is 0 Å². The molecule has 5 nitrogen and oxygen atoms in total. The molecule has 0 atom stereocenters. The molecule has 1 aliphatic rings. The van der Waals surface area contributed by atoms with Crippen molar-refractivity contribution in [2.24, 2.45) is 4.99 Å². The number of rotatable bonds is 5. The van der Waals surface area contributed by atoms with E-state index in [2.05, 4.69) is 4.99 Å². The van der Waals surface area contributed by atoms with E-state index in [-0.39, 0.29) is 10.6 Å². The number of halogens is 1. The third kappa shape index (κ3) is 3.34. The van der Waals surface area contributed by atoms with Crippen LogP contribution in [0.1, 0.15) is 5.56 Å². The van der Waals surface area contributed by atoms with Gasteiger partial charge in [0.2, 0.25) is 0 Å². The standard InChI is InChI=1S/C21H19ClN2O3S/c1-27-19-10-9-17(22)14-20(19)28(25,26)24-12-11-23-21(24)13-16-7-4-6-15-5-2-3-8-18(15)16/h2-10,14H,11-13H2,1H3. The summed E-state index contributed by atoms with van der Waals surface area (Å²) in [6.07, 6.45) is 0.434. The van der Waals surface area contributed by atoms with Crippen LogP contribution in [0, 0.1) is 0 Å². The Labute approximate surface area is 169 Å². The number of aliphatic imine (C=N–C) groups is 1. The van der Waals surface area contributed by atoms with Crippen LogP contribution < -0.4 is 4.74 Å². The van der Waals surface area contributed by atoms with Gasteiger partial charge in [0, 0.05) is 11.4 Å². The summed E-state index contributed by atoms with van der Waals surface area (Å²) in [7, 11) is -2.39. The van der Waals surface area contributed by atoms with E-state index < -0.39 is 10.0 Å². The topological polar surface area (TPSA) is 59.0 Å². The SMILES string of the molecule is COc1ccc(Cl)cc1S(=O)(=O)N1CCN=C1Cc1cccc2ccccc12. The Morgan fingerprint density at radius 1 is 1.11 bits per heavy atom. The highest BCUT2D eigenvalue weighted by Crippen LogP contribution is 2.31. The largest absolute Gasteiger partial charge is 0.495 e. The fourth-order valence-corrected chi connectivity index (χ4v) is 5.35. The highest BCUT2D eigenvalue weighted by molar-refractivity contribution is 7.89. The van der Waals surface area contributed by atoms with E-state index in [0.29, 0.717) is 30.4 Å². The van der Waals surface area contributed by atoms with E-state index in [1.807, 2.05) is 42.5 Å². The number of ether oxygens (including phenoxy) is 1. The third-order valence-corrected chi connectivity index (χ3v) is 6.89. The highest BCUT2D eigenvalue weighted by atomic mass is 35.5. The molecule has 3 aromatic carbocycles. The van der Waals surface area contributed by atoms with Crippen LogP contribution in [0.15, 0.2) is 70.6 Å². The zero-order valence-corrected chi connectivity index (χ0v) is 16.9. The molecule has 0 saturated carbocycles. The van der Waals surface area contributed by atoms with Crippen molar-refractivity contribution in [1.82, 2.24) is 4.31 Å². The number of amidine groups is 1. The van der Waals surface area contributed by atoms with Crippen molar-refractivity contribution in [3.05, 3.63) is 71.2 Å². The Hall–Kier alpha value is -2.57. The van der Waals surface area contributed by atoms with Gasteiger partial charge in [-0.15, -0.1) is 0 Å². The first-order valence-corrected chi connectivity index (χ1v) is 10.7. The number of fused-ring (bicyclic) bond motifs is 1. The number of benzene rings is 3. The number of methoxy groups -OCH3 is 1. The van der Waals surface area contributed by atoms with E-state index in [0.717, 1.165) is 16.3 Å². The minimum Gasteiger partial charge on any atom is -0.495 e. The molecule has 3 aromatic rings. The molecule has 144 valence electrons. The van der Waals surface area contributed by atoms with Gasteiger partial charge in [-0.2, -0.15) is 0 Å². The fraction of sp³-hybridized carbons (Fsp3) is 0.190. The lowest BCUT2D eigenvalue weighted by Crippen LogP contribution is -2.35. The molecule has 0 spiro atoms. The molecule has 0 aromatic heterocycles. The number of hydrogen-bond donors (Lipinski definition) is 0. The lowest BCUT2D eigenvalue weighted by atomic mass is 10.0. The van der Waals surface area contributed by atoms with E-state index in [9.17, 15) is 8.42 Å². The molecule has 0 amide bonds. The molecule has 0 aliphatic carbocycles. The Morgan fingerprint density at radius 3 is 2.71 bits per heavy atom. The normalized spacial score (nSPS) is 14.4. The molecule has 0 saturated heterocycles. The maximum Gasteiger partial charge on any atom is 0.269 e. The summed E-state index contributed by atoms with van der Waals surface area (Å²) in [4.78, 5) is 4.53. The molecule has 1 aliphatic heterocycles. The van der Waals surface area contributed by atoms with Gasteiger partial charge in [-0.3, -0.25) is 9.30 Å². The van der Waals surface area contributed by atoms with Crippen LogP contribution in [0.2, 0.25) is 5.02 Å². The van der Waals surface area contributed by atoms with Crippen LogP contribution in [-0.4, -0.2) is 38.8 Å². The summed E-state index contributed by atoms with van der Waals surface area (Å²) in [5.41, 5.74) is 1.04. The van der Waals surface area contributed by atoms with Crippen molar-refractivity contribution >= 4 is 38.2 Å². The second-order valence-corrected chi connectivity index (χ2v) is 8.75. The molecule has 0 bridgehead atoms. The van der Waals surface area contributed by atoms with Crippen LogP contribution in [-0.2, 0) is 16.4 Å². The highest BCUT2D eigenvalue weighted by Gasteiger charge is 2.33. The lowest BCUT2D eigenvalue weighted by Gasteiger charge is -2.22. The molecular formula is C21H19ClN2O3S. The Balaban J connectivity index is 1.71. The van der Waals surface area contributed by atoms with Gasteiger partial charge in [0.15, 0.2) is 0 Å². The van der Waals surface area contributed by atoms with Crippen molar-refractivity contribution in [1.29, 1.82) is 0 Å². The summed E-state index contributed by atoms with van der Waals surface area (Å²) < 4.78 is 33.3. The zero-order chi connectivity index (χ0) is 19.7. The van der Waals surface area contributed by atoms with Crippen molar-refractivity contribution in [2.75, 3.05) is 20.2 Å². The van der Waals surface area contributed by atoms with Gasteiger partial charge in [0.1, 0.15) is 16.5 Å². The first kappa shape index (κ1) is 18.8. The summed E-state index contributed by atoms with van der Waals surface area (Å²) in [5.74, 6) is 0.791. The van der Waals surface area contributed by atoms with Gasteiger partial charge >= 0.3 is 0 Å². The van der Waals surface area contributed by atoms with E-state index in [4.69, 9.17) is 16.3 Å². The van der Waals surface area contributed by atoms with Crippen LogP contribution in [0.5, 0.6) is 5.75 Å². The van der Waals surface area contributed by atoms with Gasteiger partial charge in [0.25, 0.3) is 10.0 Å². The van der Waals surface area contributed by atoms with Crippen molar-refractivity contribution in [2.45, 2.75) is 11.3 Å². The van der Waals surface area contributed by atoms with Crippen LogP contribution in [0.4, 0.5) is 0 Å². The van der Waals surface area contributed by atoms with Gasteiger partial charge in [0.05, 0.1) is 20.2 Å². The van der Waals surface area contributed by atoms with E-state index >= 15 is 0 Å². The molecule has 0 radical (unpaired) electrons.